The summed E-state index contributed by atoms with van der Waals surface area (Å²) in [6, 6.07) is 5.52. The highest BCUT2D eigenvalue weighted by Gasteiger charge is 2.08. The first-order valence-corrected chi connectivity index (χ1v) is 6.98. The van der Waals surface area contributed by atoms with E-state index >= 15 is 0 Å². The minimum absolute atomic E-state index is 0.242. The topological polar surface area (TPSA) is 26.3 Å². The van der Waals surface area contributed by atoms with Crippen molar-refractivity contribution in [2.75, 3.05) is 6.61 Å². The Morgan fingerprint density at radius 1 is 1.28 bits per heavy atom. The smallest absolute Gasteiger partial charge is 0.137 e. The number of carbonyl (C=O) groups excluding carboxylic acids is 1. The molecule has 0 atom stereocenters. The maximum atomic E-state index is 11.7. The van der Waals surface area contributed by atoms with Crippen LogP contribution in [0.2, 0.25) is 5.02 Å². The molecule has 0 radical (unpaired) electrons. The zero-order chi connectivity index (χ0) is 13.4. The van der Waals surface area contributed by atoms with E-state index in [0.717, 1.165) is 30.6 Å². The van der Waals surface area contributed by atoms with Crippen molar-refractivity contribution in [2.24, 2.45) is 0 Å². The first-order chi connectivity index (χ1) is 8.67. The first-order valence-electron chi connectivity index (χ1n) is 6.60. The molecule has 3 heteroatoms. The molecular formula is C15H21ClO2. The number of hydrogen-bond donors (Lipinski definition) is 0. The molecule has 0 aromatic heterocycles. The third-order valence-electron chi connectivity index (χ3n) is 2.69. The van der Waals surface area contributed by atoms with E-state index in [1.165, 1.54) is 0 Å². The van der Waals surface area contributed by atoms with Gasteiger partial charge in [0, 0.05) is 17.9 Å². The van der Waals surface area contributed by atoms with Gasteiger partial charge in [-0.25, -0.2) is 0 Å². The van der Waals surface area contributed by atoms with E-state index in [0.29, 0.717) is 24.5 Å². The molecule has 0 amide bonds. The molecule has 0 N–H and O–H groups in total. The van der Waals surface area contributed by atoms with Gasteiger partial charge in [0.25, 0.3) is 0 Å². The monoisotopic (exact) mass is 268 g/mol. The molecule has 0 aliphatic rings. The molecule has 0 saturated carbocycles. The van der Waals surface area contributed by atoms with Crippen LogP contribution in [0, 0.1) is 0 Å². The summed E-state index contributed by atoms with van der Waals surface area (Å²) in [7, 11) is 0. The summed E-state index contributed by atoms with van der Waals surface area (Å²) in [5.41, 5.74) is 0.867. The van der Waals surface area contributed by atoms with Crippen LogP contribution in [0.3, 0.4) is 0 Å². The molecule has 18 heavy (non-hydrogen) atoms. The van der Waals surface area contributed by atoms with Crippen molar-refractivity contribution in [3.63, 3.8) is 0 Å². The highest BCUT2D eigenvalue weighted by atomic mass is 35.5. The van der Waals surface area contributed by atoms with Crippen LogP contribution >= 0.6 is 11.6 Å². The Balaban J connectivity index is 2.65. The zero-order valence-corrected chi connectivity index (χ0v) is 11.9. The number of rotatable bonds is 8. The van der Waals surface area contributed by atoms with Crippen LogP contribution in [0.4, 0.5) is 0 Å². The van der Waals surface area contributed by atoms with Crippen LogP contribution in [0.5, 0.6) is 5.75 Å². The molecule has 0 aliphatic carbocycles. The molecule has 1 rings (SSSR count). The fourth-order valence-electron chi connectivity index (χ4n) is 1.67. The highest BCUT2D eigenvalue weighted by Crippen LogP contribution is 2.23. The average Bonchev–Trinajstić information content (AvgIpc) is 2.37. The largest absolute Gasteiger partial charge is 0.494 e. The van der Waals surface area contributed by atoms with E-state index in [1.807, 2.05) is 12.1 Å². The van der Waals surface area contributed by atoms with E-state index in [1.54, 1.807) is 6.07 Å². The Morgan fingerprint density at radius 2 is 2.06 bits per heavy atom. The lowest BCUT2D eigenvalue weighted by molar-refractivity contribution is -0.118. The summed E-state index contributed by atoms with van der Waals surface area (Å²) < 4.78 is 5.54. The van der Waals surface area contributed by atoms with Gasteiger partial charge in [0.2, 0.25) is 0 Å². The van der Waals surface area contributed by atoms with Gasteiger partial charge in [-0.1, -0.05) is 31.9 Å². The third kappa shape index (κ3) is 5.09. The SMILES string of the molecule is CCCCC(=O)Cc1cc(OCCC)ccc1Cl. The Kier molecular flexibility index (Phi) is 6.81. The fourth-order valence-corrected chi connectivity index (χ4v) is 1.86. The molecule has 0 unspecified atom stereocenters. The predicted octanol–water partition coefficient (Wildman–Crippen LogP) is 4.43. The van der Waals surface area contributed by atoms with Gasteiger partial charge in [0.1, 0.15) is 11.5 Å². The summed E-state index contributed by atoms with van der Waals surface area (Å²) >= 11 is 6.10. The number of carbonyl (C=O) groups is 1. The van der Waals surface area contributed by atoms with Gasteiger partial charge >= 0.3 is 0 Å². The first kappa shape index (κ1) is 15.0. The Bertz CT molecular complexity index is 388. The zero-order valence-electron chi connectivity index (χ0n) is 11.2. The molecule has 0 heterocycles. The van der Waals surface area contributed by atoms with E-state index in [4.69, 9.17) is 16.3 Å². The number of ether oxygens (including phenoxy) is 1. The van der Waals surface area contributed by atoms with Crippen LogP contribution in [-0.4, -0.2) is 12.4 Å². The van der Waals surface area contributed by atoms with Crippen molar-refractivity contribution in [1.82, 2.24) is 0 Å². The van der Waals surface area contributed by atoms with Crippen molar-refractivity contribution in [2.45, 2.75) is 46.0 Å². The number of halogens is 1. The molecule has 2 nitrogen and oxygen atoms in total. The third-order valence-corrected chi connectivity index (χ3v) is 3.06. The Morgan fingerprint density at radius 3 is 2.72 bits per heavy atom. The highest BCUT2D eigenvalue weighted by molar-refractivity contribution is 6.31. The second-order valence-electron chi connectivity index (χ2n) is 4.42. The molecule has 0 spiro atoms. The fraction of sp³-hybridized carbons (Fsp3) is 0.533. The van der Waals surface area contributed by atoms with Crippen molar-refractivity contribution < 1.29 is 9.53 Å². The number of Topliss-reactive ketones (excluding diaryl/α,β-unsaturated/α-hetero) is 1. The Hall–Kier alpha value is -1.02. The van der Waals surface area contributed by atoms with Crippen molar-refractivity contribution in [1.29, 1.82) is 0 Å². The average molecular weight is 269 g/mol. The molecule has 0 bridgehead atoms. The maximum Gasteiger partial charge on any atom is 0.137 e. The summed E-state index contributed by atoms with van der Waals surface area (Å²) in [6.07, 6.45) is 3.99. The summed E-state index contributed by atoms with van der Waals surface area (Å²) in [4.78, 5) is 11.7. The summed E-state index contributed by atoms with van der Waals surface area (Å²) in [5.74, 6) is 1.03. The number of hydrogen-bond acceptors (Lipinski definition) is 2. The predicted molar refractivity (Wildman–Crippen MR) is 75.5 cm³/mol. The molecule has 0 saturated heterocycles. The second-order valence-corrected chi connectivity index (χ2v) is 4.83. The second kappa shape index (κ2) is 8.15. The molecule has 1 aromatic rings. The Labute approximate surface area is 114 Å². The van der Waals surface area contributed by atoms with Gasteiger partial charge < -0.3 is 4.74 Å². The number of ketones is 1. The molecule has 0 fully saturated rings. The molecule has 100 valence electrons. The minimum Gasteiger partial charge on any atom is -0.494 e. The number of benzene rings is 1. The van der Waals surface area contributed by atoms with Gasteiger partial charge in [-0.05, 0) is 36.6 Å². The van der Waals surface area contributed by atoms with E-state index in [-0.39, 0.29) is 5.78 Å². The van der Waals surface area contributed by atoms with Crippen LogP contribution in [0.15, 0.2) is 18.2 Å². The van der Waals surface area contributed by atoms with Crippen LogP contribution in [0.1, 0.15) is 45.1 Å². The van der Waals surface area contributed by atoms with Gasteiger partial charge in [-0.2, -0.15) is 0 Å². The molecule has 1 aromatic carbocycles. The molecule has 0 aliphatic heterocycles. The lowest BCUT2D eigenvalue weighted by Gasteiger charge is -2.08. The van der Waals surface area contributed by atoms with E-state index in [9.17, 15) is 4.79 Å². The lowest BCUT2D eigenvalue weighted by Crippen LogP contribution is -2.03. The summed E-state index contributed by atoms with van der Waals surface area (Å²) in [6.45, 7) is 4.83. The van der Waals surface area contributed by atoms with Gasteiger partial charge in [0.05, 0.1) is 6.61 Å². The van der Waals surface area contributed by atoms with Gasteiger partial charge in [-0.15, -0.1) is 0 Å². The van der Waals surface area contributed by atoms with Crippen molar-refractivity contribution in [3.8, 4) is 5.75 Å². The van der Waals surface area contributed by atoms with Crippen molar-refractivity contribution >= 4 is 17.4 Å². The molecular weight excluding hydrogens is 248 g/mol. The van der Waals surface area contributed by atoms with Gasteiger partial charge in [-0.3, -0.25) is 4.79 Å². The normalized spacial score (nSPS) is 10.4. The minimum atomic E-state index is 0.242. The number of unbranched alkanes of at least 4 members (excludes halogenated alkanes) is 1. The standard InChI is InChI=1S/C15H21ClO2/c1-3-5-6-13(17)10-12-11-14(18-9-4-2)7-8-15(12)16/h7-8,11H,3-6,9-10H2,1-2H3. The van der Waals surface area contributed by atoms with E-state index < -0.39 is 0 Å². The summed E-state index contributed by atoms with van der Waals surface area (Å²) in [5, 5.41) is 0.642. The van der Waals surface area contributed by atoms with Gasteiger partial charge in [0.15, 0.2) is 0 Å². The quantitative estimate of drug-likeness (QED) is 0.697. The maximum absolute atomic E-state index is 11.7. The lowest BCUT2D eigenvalue weighted by atomic mass is 10.0. The van der Waals surface area contributed by atoms with E-state index in [2.05, 4.69) is 13.8 Å². The van der Waals surface area contributed by atoms with Crippen molar-refractivity contribution in [3.05, 3.63) is 28.8 Å². The van der Waals surface area contributed by atoms with Crippen LogP contribution in [-0.2, 0) is 11.2 Å². The van der Waals surface area contributed by atoms with Crippen LogP contribution in [0.25, 0.3) is 0 Å². The van der Waals surface area contributed by atoms with Crippen LogP contribution < -0.4 is 4.74 Å².